The van der Waals surface area contributed by atoms with E-state index >= 15 is 0 Å². The average molecular weight is 436 g/mol. The van der Waals surface area contributed by atoms with Gasteiger partial charge in [-0.2, -0.15) is 8.78 Å². The Balaban J connectivity index is 0.00000729. The molecule has 10 heteroatoms. The fourth-order valence-corrected chi connectivity index (χ4v) is 3.32. The zero-order chi connectivity index (χ0) is 20.4. The molecule has 0 atom stereocenters. The zero-order valence-corrected chi connectivity index (χ0v) is 19.1. The first kappa shape index (κ1) is 27.6. The quantitative estimate of drug-likeness (QED) is 0.157. The average Bonchev–Trinajstić information content (AvgIpc) is 2.59. The van der Waals surface area contributed by atoms with E-state index in [0.29, 0.717) is 6.42 Å². The molecule has 0 saturated carbocycles. The van der Waals surface area contributed by atoms with Crippen LogP contribution in [0.15, 0.2) is 4.90 Å². The van der Waals surface area contributed by atoms with Gasteiger partial charge in [-0.05, 0) is 6.42 Å². The van der Waals surface area contributed by atoms with Gasteiger partial charge in [0, 0.05) is 0 Å². The second-order valence-electron chi connectivity index (χ2n) is 6.40. The minimum Gasteiger partial charge on any atom is -0.744 e. The standard InChI is InChI=1S/C18H26F4O4S.Na/c1-2-3-4-5-6-7-8-9-10-11-12-26-17-13(19)15(21)18(27(23,24)25)16(22)14(17)20;/h2-12H2,1H3,(H,23,24,25);/q;+1/p-1. The maximum absolute atomic E-state index is 13.7. The molecule has 1 aromatic rings. The predicted octanol–water partition coefficient (Wildman–Crippen LogP) is 2.45. The van der Waals surface area contributed by atoms with Crippen LogP contribution in [0.4, 0.5) is 17.6 Å². The van der Waals surface area contributed by atoms with Gasteiger partial charge in [-0.15, -0.1) is 0 Å². The minimum absolute atomic E-state index is 0. The number of hydrogen-bond acceptors (Lipinski definition) is 4. The summed E-state index contributed by atoms with van der Waals surface area (Å²) in [7, 11) is -5.71. The van der Waals surface area contributed by atoms with Crippen LogP contribution in [-0.2, 0) is 10.1 Å². The molecule has 1 aromatic carbocycles. The largest absolute Gasteiger partial charge is 1.00 e. The van der Waals surface area contributed by atoms with Gasteiger partial charge in [0.1, 0.15) is 15.0 Å². The summed E-state index contributed by atoms with van der Waals surface area (Å²) in [5.74, 6) is -9.97. The van der Waals surface area contributed by atoms with Gasteiger partial charge in [0.25, 0.3) is 0 Å². The number of ether oxygens (including phenoxy) is 1. The Morgan fingerprint density at radius 3 is 1.54 bits per heavy atom. The predicted molar refractivity (Wildman–Crippen MR) is 91.6 cm³/mol. The topological polar surface area (TPSA) is 66.4 Å². The van der Waals surface area contributed by atoms with Crippen molar-refractivity contribution in [3.63, 3.8) is 0 Å². The van der Waals surface area contributed by atoms with Crippen LogP contribution in [0.1, 0.15) is 71.1 Å². The SMILES string of the molecule is CCCCCCCCCCCCOc1c(F)c(F)c(S(=O)(=O)[O-])c(F)c1F.[Na+]. The van der Waals surface area contributed by atoms with Crippen LogP contribution in [0.25, 0.3) is 0 Å². The zero-order valence-electron chi connectivity index (χ0n) is 16.3. The van der Waals surface area contributed by atoms with Crippen molar-refractivity contribution < 1.29 is 64.8 Å². The van der Waals surface area contributed by atoms with E-state index in [2.05, 4.69) is 6.92 Å². The molecular weight excluding hydrogens is 411 g/mol. The number of unbranched alkanes of at least 4 members (excludes halogenated alkanes) is 9. The first-order chi connectivity index (χ1) is 12.7. The van der Waals surface area contributed by atoms with Crippen molar-refractivity contribution >= 4 is 10.1 Å². The summed E-state index contributed by atoms with van der Waals surface area (Å²) in [4.78, 5) is -2.18. The summed E-state index contributed by atoms with van der Waals surface area (Å²) < 4.78 is 91.6. The Bertz CT molecular complexity index is 685. The molecule has 28 heavy (non-hydrogen) atoms. The number of hydrogen-bond donors (Lipinski definition) is 0. The smallest absolute Gasteiger partial charge is 0.744 e. The molecule has 0 aliphatic carbocycles. The molecule has 0 bridgehead atoms. The molecule has 0 fully saturated rings. The summed E-state index contributed by atoms with van der Waals surface area (Å²) in [5.41, 5.74) is 0. The van der Waals surface area contributed by atoms with Gasteiger partial charge in [0.15, 0.2) is 17.4 Å². The molecule has 0 spiro atoms. The van der Waals surface area contributed by atoms with E-state index in [0.717, 1.165) is 25.7 Å². The number of rotatable bonds is 13. The molecule has 156 valence electrons. The van der Waals surface area contributed by atoms with E-state index < -0.39 is 44.0 Å². The van der Waals surface area contributed by atoms with Crippen LogP contribution in [0.2, 0.25) is 0 Å². The molecule has 0 unspecified atom stereocenters. The number of halogens is 4. The molecule has 0 aromatic heterocycles. The molecule has 0 aliphatic rings. The van der Waals surface area contributed by atoms with Crippen molar-refractivity contribution in [3.05, 3.63) is 23.3 Å². The van der Waals surface area contributed by atoms with Crippen LogP contribution in [0.5, 0.6) is 5.75 Å². The van der Waals surface area contributed by atoms with Crippen molar-refractivity contribution in [2.75, 3.05) is 6.61 Å². The van der Waals surface area contributed by atoms with Crippen LogP contribution < -0.4 is 34.3 Å². The maximum atomic E-state index is 13.7. The van der Waals surface area contributed by atoms with Gasteiger partial charge in [-0.3, -0.25) is 0 Å². The van der Waals surface area contributed by atoms with Crippen LogP contribution >= 0.6 is 0 Å². The third kappa shape index (κ3) is 8.57. The normalized spacial score (nSPS) is 11.4. The van der Waals surface area contributed by atoms with Crippen LogP contribution in [0.3, 0.4) is 0 Å². The molecule has 4 nitrogen and oxygen atoms in total. The number of benzene rings is 1. The second-order valence-corrected chi connectivity index (χ2v) is 7.72. The Morgan fingerprint density at radius 1 is 0.750 bits per heavy atom. The Labute approximate surface area is 186 Å². The molecule has 0 heterocycles. The Morgan fingerprint density at radius 2 is 1.14 bits per heavy atom. The van der Waals surface area contributed by atoms with Crippen molar-refractivity contribution in [2.24, 2.45) is 0 Å². The molecule has 0 N–H and O–H groups in total. The molecule has 0 aliphatic heterocycles. The second kappa shape index (κ2) is 13.8. The monoisotopic (exact) mass is 436 g/mol. The van der Waals surface area contributed by atoms with E-state index in [4.69, 9.17) is 4.74 Å². The van der Waals surface area contributed by atoms with Crippen molar-refractivity contribution in [1.82, 2.24) is 0 Å². The van der Waals surface area contributed by atoms with E-state index in [9.17, 15) is 30.5 Å². The van der Waals surface area contributed by atoms with E-state index in [1.54, 1.807) is 0 Å². The van der Waals surface area contributed by atoms with Gasteiger partial charge < -0.3 is 9.29 Å². The van der Waals surface area contributed by atoms with Crippen molar-refractivity contribution in [1.29, 1.82) is 0 Å². The van der Waals surface area contributed by atoms with Gasteiger partial charge in [-0.25, -0.2) is 17.2 Å². The summed E-state index contributed by atoms with van der Waals surface area (Å²) in [5, 5.41) is 0. The van der Waals surface area contributed by atoms with Crippen molar-refractivity contribution in [2.45, 2.75) is 76.0 Å². The van der Waals surface area contributed by atoms with E-state index in [1.807, 2.05) is 0 Å². The summed E-state index contributed by atoms with van der Waals surface area (Å²) in [6.07, 6.45) is 10.2. The minimum atomic E-state index is -5.71. The van der Waals surface area contributed by atoms with Crippen molar-refractivity contribution in [3.8, 4) is 5.75 Å². The van der Waals surface area contributed by atoms with Crippen LogP contribution in [0, 0.1) is 23.3 Å². The first-order valence-electron chi connectivity index (χ1n) is 9.16. The van der Waals surface area contributed by atoms with Gasteiger partial charge >= 0.3 is 29.6 Å². The van der Waals surface area contributed by atoms with Gasteiger partial charge in [-0.1, -0.05) is 64.7 Å². The molecule has 1 rings (SSSR count). The van der Waals surface area contributed by atoms with E-state index in [1.165, 1.54) is 32.1 Å². The van der Waals surface area contributed by atoms with Gasteiger partial charge in [0.2, 0.25) is 11.6 Å². The fraction of sp³-hybridized carbons (Fsp3) is 0.667. The van der Waals surface area contributed by atoms with Crippen LogP contribution in [-0.4, -0.2) is 19.6 Å². The molecule has 0 radical (unpaired) electrons. The molecule has 0 saturated heterocycles. The third-order valence-corrected chi connectivity index (χ3v) is 5.04. The van der Waals surface area contributed by atoms with Gasteiger partial charge in [0.05, 0.1) is 6.61 Å². The summed E-state index contributed by atoms with van der Waals surface area (Å²) >= 11 is 0. The Hall–Kier alpha value is -0.350. The Kier molecular flexibility index (Phi) is 13.6. The molecule has 0 amide bonds. The van der Waals surface area contributed by atoms with E-state index in [-0.39, 0.29) is 36.2 Å². The summed E-state index contributed by atoms with van der Waals surface area (Å²) in [6, 6.07) is 0. The summed E-state index contributed by atoms with van der Waals surface area (Å²) in [6.45, 7) is 1.97. The molecular formula is C18H25F4NaO4S. The third-order valence-electron chi connectivity index (χ3n) is 4.18. The maximum Gasteiger partial charge on any atom is 1.00 e. The first-order valence-corrected chi connectivity index (χ1v) is 10.6. The fourth-order valence-electron chi connectivity index (χ4n) is 2.70.